The van der Waals surface area contributed by atoms with Gasteiger partial charge < -0.3 is 4.57 Å². The molecule has 0 aliphatic rings. The van der Waals surface area contributed by atoms with E-state index in [1.165, 1.54) is 16.2 Å². The van der Waals surface area contributed by atoms with Crippen molar-refractivity contribution in [3.63, 3.8) is 0 Å². The fourth-order valence-electron chi connectivity index (χ4n) is 1.66. The first kappa shape index (κ1) is 11.3. The van der Waals surface area contributed by atoms with Crippen molar-refractivity contribution in [3.05, 3.63) is 69.6 Å². The van der Waals surface area contributed by atoms with Crippen LogP contribution in [-0.2, 0) is 6.54 Å². The van der Waals surface area contributed by atoms with E-state index in [9.17, 15) is 9.59 Å². The molecule has 0 N–H and O–H groups in total. The van der Waals surface area contributed by atoms with Gasteiger partial charge in [-0.05, 0) is 24.6 Å². The zero-order valence-electron chi connectivity index (χ0n) is 9.59. The largest absolute Gasteiger partial charge is 0.311 e. The van der Waals surface area contributed by atoms with Crippen LogP contribution in [0.25, 0.3) is 0 Å². The summed E-state index contributed by atoms with van der Waals surface area (Å²) in [5.74, 6) is 0. The van der Waals surface area contributed by atoms with Gasteiger partial charge in [-0.25, -0.2) is 0 Å². The Hall–Kier alpha value is -2.16. The summed E-state index contributed by atoms with van der Waals surface area (Å²) < 4.78 is 1.54. The van der Waals surface area contributed by atoms with Gasteiger partial charge in [0.1, 0.15) is 0 Å². The molecule has 0 bridgehead atoms. The fourth-order valence-corrected chi connectivity index (χ4v) is 1.66. The number of hydrogen-bond acceptors (Lipinski definition) is 2. The lowest BCUT2D eigenvalue weighted by Crippen LogP contribution is -2.23. The first-order valence-electron chi connectivity index (χ1n) is 5.41. The minimum atomic E-state index is -0.247. The normalized spacial score (nSPS) is 10.2. The summed E-state index contributed by atoms with van der Waals surface area (Å²) >= 11 is 0. The van der Waals surface area contributed by atoms with Gasteiger partial charge in [0.2, 0.25) is 0 Å². The van der Waals surface area contributed by atoms with Crippen molar-refractivity contribution in [2.24, 2.45) is 0 Å². The maximum absolute atomic E-state index is 11.8. The van der Waals surface area contributed by atoms with E-state index < -0.39 is 0 Å². The fraction of sp³-hybridized carbons (Fsp3) is 0.143. The minimum Gasteiger partial charge on any atom is -0.311 e. The second-order valence-corrected chi connectivity index (χ2v) is 4.00. The molecule has 0 unspecified atom stereocenters. The van der Waals surface area contributed by atoms with Gasteiger partial charge in [0.15, 0.2) is 6.29 Å². The highest BCUT2D eigenvalue weighted by Gasteiger charge is 2.02. The van der Waals surface area contributed by atoms with Gasteiger partial charge in [-0.15, -0.1) is 0 Å². The van der Waals surface area contributed by atoms with Crippen LogP contribution in [0.4, 0.5) is 0 Å². The van der Waals surface area contributed by atoms with Gasteiger partial charge in [-0.1, -0.05) is 29.8 Å². The lowest BCUT2D eigenvalue weighted by molar-refractivity contribution is 0.112. The summed E-state index contributed by atoms with van der Waals surface area (Å²) in [4.78, 5) is 22.5. The lowest BCUT2D eigenvalue weighted by Gasteiger charge is -2.06. The number of rotatable bonds is 3. The quantitative estimate of drug-likeness (QED) is 0.752. The summed E-state index contributed by atoms with van der Waals surface area (Å²) in [6.45, 7) is 2.50. The van der Waals surface area contributed by atoms with Gasteiger partial charge in [0, 0.05) is 6.20 Å². The number of carbonyl (C=O) groups is 1. The maximum Gasteiger partial charge on any atom is 0.261 e. The highest BCUT2D eigenvalue weighted by Crippen LogP contribution is 2.04. The first-order valence-corrected chi connectivity index (χ1v) is 5.41. The number of aldehydes is 1. The summed E-state index contributed by atoms with van der Waals surface area (Å²) in [7, 11) is 0. The summed E-state index contributed by atoms with van der Waals surface area (Å²) in [5.41, 5.74) is 2.17. The van der Waals surface area contributed by atoms with Gasteiger partial charge >= 0.3 is 0 Å². The van der Waals surface area contributed by atoms with Crippen LogP contribution in [0.1, 0.15) is 21.5 Å². The van der Waals surface area contributed by atoms with E-state index in [1.807, 2.05) is 31.2 Å². The highest BCUT2D eigenvalue weighted by atomic mass is 16.1. The molecule has 1 aromatic carbocycles. The van der Waals surface area contributed by atoms with E-state index >= 15 is 0 Å². The summed E-state index contributed by atoms with van der Waals surface area (Å²) in [6, 6.07) is 11.2. The Morgan fingerprint density at radius 3 is 2.53 bits per heavy atom. The Bertz CT molecular complexity index is 582. The van der Waals surface area contributed by atoms with Crippen LogP contribution in [0.3, 0.4) is 0 Å². The van der Waals surface area contributed by atoms with Crippen LogP contribution in [0.15, 0.2) is 47.4 Å². The van der Waals surface area contributed by atoms with E-state index in [0.717, 1.165) is 5.56 Å². The van der Waals surface area contributed by atoms with Crippen LogP contribution in [0.5, 0.6) is 0 Å². The monoisotopic (exact) mass is 227 g/mol. The molecule has 1 heterocycles. The lowest BCUT2D eigenvalue weighted by atomic mass is 10.1. The van der Waals surface area contributed by atoms with Crippen molar-refractivity contribution < 1.29 is 4.79 Å². The van der Waals surface area contributed by atoms with Crippen molar-refractivity contribution in [3.8, 4) is 0 Å². The van der Waals surface area contributed by atoms with E-state index in [-0.39, 0.29) is 11.1 Å². The molecular formula is C14H13NO2. The zero-order valence-corrected chi connectivity index (χ0v) is 9.59. The molecule has 0 fully saturated rings. The predicted octanol–water partition coefficient (Wildman–Crippen LogP) is 2.02. The zero-order chi connectivity index (χ0) is 12.3. The molecule has 0 atom stereocenters. The van der Waals surface area contributed by atoms with Crippen LogP contribution in [-0.4, -0.2) is 10.9 Å². The van der Waals surface area contributed by atoms with Crippen LogP contribution >= 0.6 is 0 Å². The minimum absolute atomic E-state index is 0.194. The molecule has 3 nitrogen and oxygen atoms in total. The number of pyridine rings is 1. The molecular weight excluding hydrogens is 214 g/mol. The van der Waals surface area contributed by atoms with Gasteiger partial charge in [0.25, 0.3) is 5.56 Å². The summed E-state index contributed by atoms with van der Waals surface area (Å²) in [5, 5.41) is 0. The van der Waals surface area contributed by atoms with Crippen LogP contribution in [0.2, 0.25) is 0 Å². The Morgan fingerprint density at radius 2 is 1.88 bits per heavy atom. The molecule has 3 heteroatoms. The average Bonchev–Trinajstić information content (AvgIpc) is 2.35. The Labute approximate surface area is 99.3 Å². The second kappa shape index (κ2) is 4.78. The molecule has 0 saturated heterocycles. The van der Waals surface area contributed by atoms with E-state index in [2.05, 4.69) is 0 Å². The standard InChI is InChI=1S/C14H13NO2/c1-11-4-6-12(7-5-11)9-15-8-2-3-13(10-16)14(15)17/h2-8,10H,9H2,1H3. The van der Waals surface area contributed by atoms with Crippen molar-refractivity contribution in [2.45, 2.75) is 13.5 Å². The molecule has 0 saturated carbocycles. The third-order valence-corrected chi connectivity index (χ3v) is 2.65. The number of carbonyl (C=O) groups excluding carboxylic acids is 1. The van der Waals surface area contributed by atoms with E-state index in [1.54, 1.807) is 12.3 Å². The number of nitrogens with zero attached hydrogens (tertiary/aromatic N) is 1. The number of aromatic nitrogens is 1. The number of aryl methyl sites for hydroxylation is 1. The third-order valence-electron chi connectivity index (χ3n) is 2.65. The molecule has 0 amide bonds. The van der Waals surface area contributed by atoms with Gasteiger partial charge in [0.05, 0.1) is 12.1 Å². The first-order chi connectivity index (χ1) is 8.20. The average molecular weight is 227 g/mol. The summed E-state index contributed by atoms with van der Waals surface area (Å²) in [6.07, 6.45) is 2.28. The predicted molar refractivity (Wildman–Crippen MR) is 66.4 cm³/mol. The Morgan fingerprint density at radius 1 is 1.18 bits per heavy atom. The van der Waals surface area contributed by atoms with Crippen LogP contribution in [0, 0.1) is 6.92 Å². The molecule has 0 radical (unpaired) electrons. The van der Waals surface area contributed by atoms with Gasteiger partial charge in [-0.3, -0.25) is 9.59 Å². The second-order valence-electron chi connectivity index (χ2n) is 4.00. The maximum atomic E-state index is 11.8. The topological polar surface area (TPSA) is 39.1 Å². The SMILES string of the molecule is Cc1ccc(Cn2cccc(C=O)c2=O)cc1. The molecule has 17 heavy (non-hydrogen) atoms. The smallest absolute Gasteiger partial charge is 0.261 e. The Balaban J connectivity index is 2.33. The molecule has 0 spiro atoms. The van der Waals surface area contributed by atoms with Crippen molar-refractivity contribution in [1.29, 1.82) is 0 Å². The van der Waals surface area contributed by atoms with E-state index in [0.29, 0.717) is 12.8 Å². The highest BCUT2D eigenvalue weighted by molar-refractivity contribution is 5.73. The van der Waals surface area contributed by atoms with Crippen molar-refractivity contribution >= 4 is 6.29 Å². The molecule has 0 aliphatic heterocycles. The number of hydrogen-bond donors (Lipinski definition) is 0. The molecule has 0 aliphatic carbocycles. The van der Waals surface area contributed by atoms with E-state index in [4.69, 9.17) is 0 Å². The number of benzene rings is 1. The molecule has 2 rings (SSSR count). The molecule has 2 aromatic rings. The van der Waals surface area contributed by atoms with Crippen LogP contribution < -0.4 is 5.56 Å². The molecule has 86 valence electrons. The third kappa shape index (κ3) is 2.50. The van der Waals surface area contributed by atoms with Crippen molar-refractivity contribution in [2.75, 3.05) is 0 Å². The Kier molecular flexibility index (Phi) is 3.19. The van der Waals surface area contributed by atoms with Gasteiger partial charge in [-0.2, -0.15) is 0 Å². The molecule has 1 aromatic heterocycles. The van der Waals surface area contributed by atoms with Crippen molar-refractivity contribution in [1.82, 2.24) is 4.57 Å².